The minimum atomic E-state index is -0.0417. The van der Waals surface area contributed by atoms with Crippen molar-refractivity contribution < 1.29 is 0 Å². The summed E-state index contributed by atoms with van der Waals surface area (Å²) in [5, 5.41) is 0. The zero-order valence-corrected chi connectivity index (χ0v) is 16.9. The van der Waals surface area contributed by atoms with Crippen LogP contribution in [0.4, 0.5) is 0 Å². The minimum Gasteiger partial charge on any atom is -0.289 e. The molecule has 2 aromatic heterocycles. The lowest BCUT2D eigenvalue weighted by Gasteiger charge is -2.22. The van der Waals surface area contributed by atoms with E-state index >= 15 is 0 Å². The molecule has 0 saturated heterocycles. The Balaban J connectivity index is 1.64. The van der Waals surface area contributed by atoms with E-state index in [9.17, 15) is 4.79 Å². The second-order valence-corrected chi connectivity index (χ2v) is 7.63. The second-order valence-electron chi connectivity index (χ2n) is 7.63. The van der Waals surface area contributed by atoms with Gasteiger partial charge in [-0.25, -0.2) is 4.98 Å². The fraction of sp³-hybridized carbons (Fsp3) is 0.200. The smallest absolute Gasteiger partial charge is 0.258 e. The van der Waals surface area contributed by atoms with Crippen LogP contribution in [0.15, 0.2) is 83.8 Å². The maximum absolute atomic E-state index is 12.6. The Bertz CT molecular complexity index is 1160. The Morgan fingerprint density at radius 1 is 0.793 bits per heavy atom. The summed E-state index contributed by atoms with van der Waals surface area (Å²) in [6.07, 6.45) is 1.79. The molecular weight excluding hydrogens is 358 g/mol. The topological polar surface area (TPSA) is 37.6 Å². The SMILES string of the molecule is Cc1ccc(CN(Cc2ccccc2)Cc2cc(=O)n3ccc(C)cc3n2)cc1. The van der Waals surface area contributed by atoms with E-state index in [1.54, 1.807) is 16.7 Å². The molecule has 0 aliphatic rings. The third kappa shape index (κ3) is 4.79. The number of fused-ring (bicyclic) bond motifs is 1. The summed E-state index contributed by atoms with van der Waals surface area (Å²) in [5.41, 5.74) is 6.29. The molecular formula is C25H25N3O. The molecule has 4 heteroatoms. The fourth-order valence-corrected chi connectivity index (χ4v) is 3.52. The van der Waals surface area contributed by atoms with Crippen molar-refractivity contribution in [2.45, 2.75) is 33.5 Å². The molecule has 0 unspecified atom stereocenters. The van der Waals surface area contributed by atoms with Crippen LogP contribution >= 0.6 is 0 Å². The molecule has 0 fully saturated rings. The first kappa shape index (κ1) is 19.1. The van der Waals surface area contributed by atoms with E-state index in [0.717, 1.165) is 24.3 Å². The van der Waals surface area contributed by atoms with Crippen molar-refractivity contribution >= 4 is 5.65 Å². The monoisotopic (exact) mass is 383 g/mol. The van der Waals surface area contributed by atoms with Gasteiger partial charge in [-0.05, 0) is 42.7 Å². The van der Waals surface area contributed by atoms with E-state index < -0.39 is 0 Å². The molecule has 0 spiro atoms. The highest BCUT2D eigenvalue weighted by atomic mass is 16.1. The van der Waals surface area contributed by atoms with Crippen LogP contribution in [0.2, 0.25) is 0 Å². The van der Waals surface area contributed by atoms with E-state index in [-0.39, 0.29) is 5.56 Å². The molecule has 0 bridgehead atoms. The molecule has 2 heterocycles. The van der Waals surface area contributed by atoms with E-state index in [4.69, 9.17) is 4.98 Å². The quantitative estimate of drug-likeness (QED) is 0.491. The highest BCUT2D eigenvalue weighted by molar-refractivity contribution is 5.41. The number of hydrogen-bond acceptors (Lipinski definition) is 3. The van der Waals surface area contributed by atoms with E-state index in [1.807, 2.05) is 25.1 Å². The third-order valence-corrected chi connectivity index (χ3v) is 5.04. The molecule has 0 radical (unpaired) electrons. The summed E-state index contributed by atoms with van der Waals surface area (Å²) in [6.45, 7) is 6.31. The molecule has 4 aromatic rings. The van der Waals surface area contributed by atoms with Crippen molar-refractivity contribution in [3.8, 4) is 0 Å². The molecule has 0 aliphatic carbocycles. The number of rotatable bonds is 6. The predicted octanol–water partition coefficient (Wildman–Crippen LogP) is 4.51. The normalized spacial score (nSPS) is 11.3. The number of aryl methyl sites for hydroxylation is 2. The summed E-state index contributed by atoms with van der Waals surface area (Å²) >= 11 is 0. The zero-order valence-electron chi connectivity index (χ0n) is 16.9. The van der Waals surface area contributed by atoms with Gasteiger partial charge in [0.2, 0.25) is 0 Å². The van der Waals surface area contributed by atoms with Gasteiger partial charge in [0.25, 0.3) is 5.56 Å². The van der Waals surface area contributed by atoms with Crippen molar-refractivity contribution in [2.75, 3.05) is 0 Å². The predicted molar refractivity (Wildman–Crippen MR) is 117 cm³/mol. The van der Waals surface area contributed by atoms with Gasteiger partial charge in [-0.3, -0.25) is 14.1 Å². The Morgan fingerprint density at radius 2 is 1.48 bits per heavy atom. The Morgan fingerprint density at radius 3 is 2.21 bits per heavy atom. The van der Waals surface area contributed by atoms with Crippen molar-refractivity contribution in [3.05, 3.63) is 117 Å². The summed E-state index contributed by atoms with van der Waals surface area (Å²) in [4.78, 5) is 19.6. The van der Waals surface area contributed by atoms with Gasteiger partial charge in [-0.15, -0.1) is 0 Å². The van der Waals surface area contributed by atoms with Gasteiger partial charge in [0.15, 0.2) is 0 Å². The second kappa shape index (κ2) is 8.41. The van der Waals surface area contributed by atoms with Crippen molar-refractivity contribution in [3.63, 3.8) is 0 Å². The van der Waals surface area contributed by atoms with Gasteiger partial charge >= 0.3 is 0 Å². The van der Waals surface area contributed by atoms with Gasteiger partial charge < -0.3 is 0 Å². The van der Waals surface area contributed by atoms with Crippen LogP contribution in [0.25, 0.3) is 5.65 Å². The first-order chi connectivity index (χ1) is 14.1. The van der Waals surface area contributed by atoms with Crippen LogP contribution in [0.1, 0.15) is 27.9 Å². The number of pyridine rings is 1. The average Bonchev–Trinajstić information content (AvgIpc) is 2.70. The lowest BCUT2D eigenvalue weighted by atomic mass is 10.1. The first-order valence-corrected chi connectivity index (χ1v) is 9.87. The van der Waals surface area contributed by atoms with Crippen LogP contribution in [0.3, 0.4) is 0 Å². The number of benzene rings is 2. The van der Waals surface area contributed by atoms with E-state index in [0.29, 0.717) is 12.2 Å². The third-order valence-electron chi connectivity index (χ3n) is 5.04. The zero-order chi connectivity index (χ0) is 20.2. The van der Waals surface area contributed by atoms with Crippen LogP contribution in [0, 0.1) is 13.8 Å². The standard InChI is InChI=1S/C25H25N3O/c1-19-8-10-22(11-9-19)17-27(16-21-6-4-3-5-7-21)18-23-15-25(29)28-13-12-20(2)14-24(28)26-23/h3-15H,16-18H2,1-2H3. The first-order valence-electron chi connectivity index (χ1n) is 9.87. The summed E-state index contributed by atoms with van der Waals surface area (Å²) < 4.78 is 1.60. The molecule has 146 valence electrons. The van der Waals surface area contributed by atoms with Crippen molar-refractivity contribution in [2.24, 2.45) is 0 Å². The highest BCUT2D eigenvalue weighted by Gasteiger charge is 2.11. The summed E-state index contributed by atoms with van der Waals surface area (Å²) in [7, 11) is 0. The van der Waals surface area contributed by atoms with Gasteiger partial charge in [0, 0.05) is 31.9 Å². The summed E-state index contributed by atoms with van der Waals surface area (Å²) in [5.74, 6) is 0. The molecule has 0 aliphatic heterocycles. The fourth-order valence-electron chi connectivity index (χ4n) is 3.52. The van der Waals surface area contributed by atoms with Gasteiger partial charge in [-0.2, -0.15) is 0 Å². The average molecular weight is 383 g/mol. The molecule has 0 saturated carbocycles. The highest BCUT2D eigenvalue weighted by Crippen LogP contribution is 2.14. The molecule has 29 heavy (non-hydrogen) atoms. The Kier molecular flexibility index (Phi) is 5.54. The maximum atomic E-state index is 12.6. The number of nitrogens with zero attached hydrogens (tertiary/aromatic N) is 3. The van der Waals surface area contributed by atoms with E-state index in [1.165, 1.54) is 16.7 Å². The van der Waals surface area contributed by atoms with Crippen molar-refractivity contribution in [1.29, 1.82) is 0 Å². The molecule has 4 rings (SSSR count). The van der Waals surface area contributed by atoms with E-state index in [2.05, 4.69) is 60.4 Å². The van der Waals surface area contributed by atoms with Crippen molar-refractivity contribution in [1.82, 2.24) is 14.3 Å². The number of hydrogen-bond donors (Lipinski definition) is 0. The molecule has 0 amide bonds. The summed E-state index contributed by atoms with van der Waals surface area (Å²) in [6, 6.07) is 24.5. The van der Waals surface area contributed by atoms with Crippen LogP contribution < -0.4 is 5.56 Å². The van der Waals surface area contributed by atoms with Gasteiger partial charge in [0.05, 0.1) is 5.69 Å². The Labute approximate surface area is 171 Å². The lowest BCUT2D eigenvalue weighted by molar-refractivity contribution is 0.244. The van der Waals surface area contributed by atoms with Crippen LogP contribution in [0.5, 0.6) is 0 Å². The molecule has 2 aromatic carbocycles. The molecule has 4 nitrogen and oxygen atoms in total. The van der Waals surface area contributed by atoms with Gasteiger partial charge in [-0.1, -0.05) is 60.2 Å². The Hall–Kier alpha value is -3.24. The minimum absolute atomic E-state index is 0.0417. The van der Waals surface area contributed by atoms with Gasteiger partial charge in [0.1, 0.15) is 5.65 Å². The largest absolute Gasteiger partial charge is 0.289 e. The molecule has 0 N–H and O–H groups in total. The maximum Gasteiger partial charge on any atom is 0.258 e. The lowest BCUT2D eigenvalue weighted by Crippen LogP contribution is -2.25. The van der Waals surface area contributed by atoms with Crippen LogP contribution in [-0.4, -0.2) is 14.3 Å². The molecule has 0 atom stereocenters. The van der Waals surface area contributed by atoms with Crippen LogP contribution in [-0.2, 0) is 19.6 Å². The number of aromatic nitrogens is 2.